The number of Topliss-reactive ketones (excluding diaryl/α,β-unsaturated/α-hetero) is 1. The van der Waals surface area contributed by atoms with Crippen molar-refractivity contribution in [3.8, 4) is 0 Å². The maximum Gasteiger partial charge on any atom is 0.167 e. The second-order valence-electron chi connectivity index (χ2n) is 6.43. The molecule has 0 radical (unpaired) electrons. The molecule has 3 spiro atoms. The third kappa shape index (κ3) is 1.33. The van der Waals surface area contributed by atoms with E-state index in [1.54, 1.807) is 0 Å². The lowest BCUT2D eigenvalue weighted by molar-refractivity contribution is -0.262. The third-order valence-electron chi connectivity index (χ3n) is 5.74. The quantitative estimate of drug-likeness (QED) is 0.672. The van der Waals surface area contributed by atoms with Crippen LogP contribution < -0.4 is 0 Å². The molecule has 0 N–H and O–H groups in total. The minimum absolute atomic E-state index is 0.257. The smallest absolute Gasteiger partial charge is 0.167 e. The van der Waals surface area contributed by atoms with E-state index in [2.05, 4.69) is 0 Å². The number of fused-ring (bicyclic) bond motifs is 2. The zero-order chi connectivity index (χ0) is 13.0. The van der Waals surface area contributed by atoms with Crippen molar-refractivity contribution in [1.29, 1.82) is 0 Å². The first-order valence-corrected chi connectivity index (χ1v) is 7.70. The SMILES string of the molecule is O=C1CC[C@@]2(CCCO2)[C@]2(CCCO2)[C@@]12CCCO2. The Morgan fingerprint density at radius 2 is 1.53 bits per heavy atom. The molecule has 0 bridgehead atoms. The predicted octanol–water partition coefficient (Wildman–Crippen LogP) is 2.00. The fourth-order valence-corrected chi connectivity index (χ4v) is 5.02. The molecule has 1 aliphatic carbocycles. The number of carbonyl (C=O) groups is 1. The Kier molecular flexibility index (Phi) is 2.61. The molecule has 4 nitrogen and oxygen atoms in total. The van der Waals surface area contributed by atoms with E-state index in [-0.39, 0.29) is 11.4 Å². The van der Waals surface area contributed by atoms with Gasteiger partial charge in [0, 0.05) is 26.2 Å². The fourth-order valence-electron chi connectivity index (χ4n) is 5.02. The van der Waals surface area contributed by atoms with Gasteiger partial charge in [-0.3, -0.25) is 4.79 Å². The topological polar surface area (TPSA) is 44.8 Å². The van der Waals surface area contributed by atoms with Gasteiger partial charge in [-0.15, -0.1) is 0 Å². The third-order valence-corrected chi connectivity index (χ3v) is 5.74. The summed E-state index contributed by atoms with van der Waals surface area (Å²) in [6.45, 7) is 2.23. The number of ketones is 1. The molecule has 1 saturated carbocycles. The molecule has 0 aromatic heterocycles. The summed E-state index contributed by atoms with van der Waals surface area (Å²) in [6, 6.07) is 0. The van der Waals surface area contributed by atoms with Gasteiger partial charge in [0.1, 0.15) is 11.2 Å². The molecule has 3 saturated heterocycles. The van der Waals surface area contributed by atoms with Gasteiger partial charge in [0.15, 0.2) is 11.4 Å². The van der Waals surface area contributed by atoms with Gasteiger partial charge in [0.05, 0.1) is 0 Å². The summed E-state index contributed by atoms with van der Waals surface area (Å²) in [6.07, 6.45) is 7.22. The first kappa shape index (κ1) is 12.3. The average Bonchev–Trinajstić information content (AvgIpc) is 3.13. The lowest BCUT2D eigenvalue weighted by Crippen LogP contribution is -2.72. The predicted molar refractivity (Wildman–Crippen MR) is 68.0 cm³/mol. The van der Waals surface area contributed by atoms with Crippen LogP contribution in [0, 0.1) is 0 Å². The average molecular weight is 266 g/mol. The zero-order valence-electron chi connectivity index (χ0n) is 11.4. The molecule has 0 aromatic rings. The molecule has 4 aliphatic rings. The minimum atomic E-state index is -0.702. The van der Waals surface area contributed by atoms with E-state index < -0.39 is 11.2 Å². The van der Waals surface area contributed by atoms with E-state index in [0.717, 1.165) is 58.2 Å². The Morgan fingerprint density at radius 3 is 2.16 bits per heavy atom. The van der Waals surface area contributed by atoms with Crippen LogP contribution in [-0.4, -0.2) is 42.4 Å². The first-order valence-electron chi connectivity index (χ1n) is 7.70. The van der Waals surface area contributed by atoms with Crippen molar-refractivity contribution in [3.63, 3.8) is 0 Å². The van der Waals surface area contributed by atoms with Crippen LogP contribution in [0.15, 0.2) is 0 Å². The molecule has 3 heterocycles. The normalized spacial score (nSPS) is 50.0. The van der Waals surface area contributed by atoms with Gasteiger partial charge in [0.2, 0.25) is 0 Å². The molecule has 4 fully saturated rings. The lowest BCUT2D eigenvalue weighted by Gasteiger charge is -2.56. The van der Waals surface area contributed by atoms with E-state index in [0.29, 0.717) is 13.0 Å². The van der Waals surface area contributed by atoms with Crippen LogP contribution >= 0.6 is 0 Å². The van der Waals surface area contributed by atoms with E-state index in [1.165, 1.54) is 0 Å². The maximum atomic E-state index is 12.7. The minimum Gasteiger partial charge on any atom is -0.372 e. The standard InChI is InChI=1S/C15H22O4/c16-12-4-8-13(5-1-9-17-13)15(7-3-11-19-15)14(12)6-2-10-18-14/h1-11H2/t13-,14+,15+/m0/s1. The number of hydrogen-bond acceptors (Lipinski definition) is 4. The summed E-state index contributed by atoms with van der Waals surface area (Å²) in [5.74, 6) is 0.257. The lowest BCUT2D eigenvalue weighted by atomic mass is 9.59. The Labute approximate surface area is 113 Å². The van der Waals surface area contributed by atoms with Crippen molar-refractivity contribution in [2.24, 2.45) is 0 Å². The largest absolute Gasteiger partial charge is 0.372 e. The Hall–Kier alpha value is -0.450. The molecular formula is C15H22O4. The summed E-state index contributed by atoms with van der Waals surface area (Å²) in [7, 11) is 0. The fraction of sp³-hybridized carbons (Fsp3) is 0.933. The van der Waals surface area contributed by atoms with Crippen molar-refractivity contribution in [2.45, 2.75) is 68.2 Å². The van der Waals surface area contributed by atoms with Gasteiger partial charge in [0.25, 0.3) is 0 Å². The van der Waals surface area contributed by atoms with Crippen molar-refractivity contribution in [3.05, 3.63) is 0 Å². The van der Waals surface area contributed by atoms with Crippen LogP contribution in [0.4, 0.5) is 0 Å². The summed E-state index contributed by atoms with van der Waals surface area (Å²) in [5, 5.41) is 0. The number of ether oxygens (including phenoxy) is 3. The van der Waals surface area contributed by atoms with E-state index >= 15 is 0 Å². The molecule has 0 unspecified atom stereocenters. The molecule has 3 atom stereocenters. The Morgan fingerprint density at radius 1 is 0.789 bits per heavy atom. The maximum absolute atomic E-state index is 12.7. The molecular weight excluding hydrogens is 244 g/mol. The van der Waals surface area contributed by atoms with Gasteiger partial charge in [-0.1, -0.05) is 0 Å². The first-order chi connectivity index (χ1) is 9.25. The molecule has 106 valence electrons. The van der Waals surface area contributed by atoms with Crippen molar-refractivity contribution in [1.82, 2.24) is 0 Å². The van der Waals surface area contributed by atoms with Gasteiger partial charge >= 0.3 is 0 Å². The number of hydrogen-bond donors (Lipinski definition) is 0. The van der Waals surface area contributed by atoms with Crippen molar-refractivity contribution >= 4 is 5.78 Å². The summed E-state index contributed by atoms with van der Waals surface area (Å²) >= 11 is 0. The van der Waals surface area contributed by atoms with Gasteiger partial charge in [-0.2, -0.15) is 0 Å². The number of carbonyl (C=O) groups excluding carboxylic acids is 1. The highest BCUT2D eigenvalue weighted by Crippen LogP contribution is 2.59. The Balaban J connectivity index is 1.85. The molecule has 0 aromatic carbocycles. The van der Waals surface area contributed by atoms with Crippen LogP contribution in [0.5, 0.6) is 0 Å². The van der Waals surface area contributed by atoms with Gasteiger partial charge in [-0.05, 0) is 44.9 Å². The van der Waals surface area contributed by atoms with E-state index in [9.17, 15) is 4.79 Å². The highest BCUT2D eigenvalue weighted by atomic mass is 16.6. The van der Waals surface area contributed by atoms with Crippen LogP contribution in [-0.2, 0) is 19.0 Å². The molecule has 4 rings (SSSR count). The van der Waals surface area contributed by atoms with Crippen LogP contribution in [0.1, 0.15) is 51.4 Å². The van der Waals surface area contributed by atoms with Crippen molar-refractivity contribution < 1.29 is 19.0 Å². The summed E-state index contributed by atoms with van der Waals surface area (Å²) in [4.78, 5) is 12.7. The van der Waals surface area contributed by atoms with Crippen molar-refractivity contribution in [2.75, 3.05) is 19.8 Å². The molecule has 19 heavy (non-hydrogen) atoms. The second-order valence-corrected chi connectivity index (χ2v) is 6.43. The van der Waals surface area contributed by atoms with Gasteiger partial charge < -0.3 is 14.2 Å². The Bertz CT molecular complexity index is 385. The summed E-state index contributed by atoms with van der Waals surface area (Å²) in [5.41, 5.74) is -1.46. The number of rotatable bonds is 0. The molecule has 3 aliphatic heterocycles. The highest BCUT2D eigenvalue weighted by Gasteiger charge is 2.73. The highest BCUT2D eigenvalue weighted by molar-refractivity contribution is 5.91. The molecule has 0 amide bonds. The van der Waals surface area contributed by atoms with Crippen LogP contribution in [0.25, 0.3) is 0 Å². The monoisotopic (exact) mass is 266 g/mol. The van der Waals surface area contributed by atoms with E-state index in [1.807, 2.05) is 0 Å². The zero-order valence-corrected chi connectivity index (χ0v) is 11.4. The van der Waals surface area contributed by atoms with E-state index in [4.69, 9.17) is 14.2 Å². The van der Waals surface area contributed by atoms with Crippen LogP contribution in [0.3, 0.4) is 0 Å². The molecule has 4 heteroatoms. The summed E-state index contributed by atoms with van der Waals surface area (Å²) < 4.78 is 18.5. The van der Waals surface area contributed by atoms with Crippen LogP contribution in [0.2, 0.25) is 0 Å². The van der Waals surface area contributed by atoms with Gasteiger partial charge in [-0.25, -0.2) is 0 Å². The second kappa shape index (κ2) is 4.03.